The number of rotatable bonds is 3. The normalized spacial score (nSPS) is 14.6. The number of alkyl halides is 3. The molecule has 0 spiro atoms. The van der Waals surface area contributed by atoms with Crippen LogP contribution in [0.5, 0.6) is 5.75 Å². The van der Waals surface area contributed by atoms with E-state index in [1.54, 1.807) is 36.9 Å². The standard InChI is InChI=1S/C22H20F3N3O2/c1-4-28-18-13-9-10-27-11-15(13)30-21(2,3)17(18)16(19(28)20(26)29)12-7-5-6-8-14(12)22(23,24)25/h5-11H,4H2,1-3H3,(H2,26,29). The summed E-state index contributed by atoms with van der Waals surface area (Å²) in [7, 11) is 0. The molecule has 30 heavy (non-hydrogen) atoms. The van der Waals surface area contributed by atoms with Crippen molar-refractivity contribution in [1.82, 2.24) is 9.55 Å². The highest BCUT2D eigenvalue weighted by Gasteiger charge is 2.43. The maximum absolute atomic E-state index is 13.9. The number of halogens is 3. The molecule has 3 heterocycles. The molecule has 0 fully saturated rings. The van der Waals surface area contributed by atoms with Crippen LogP contribution in [-0.4, -0.2) is 15.5 Å². The van der Waals surface area contributed by atoms with Crippen molar-refractivity contribution in [2.75, 3.05) is 0 Å². The molecule has 0 unspecified atom stereocenters. The van der Waals surface area contributed by atoms with Crippen molar-refractivity contribution >= 4 is 5.91 Å². The number of aromatic nitrogens is 2. The molecule has 0 radical (unpaired) electrons. The average Bonchev–Trinajstić information content (AvgIpc) is 3.04. The molecule has 4 rings (SSSR count). The number of fused-ring (bicyclic) bond motifs is 3. The molecule has 2 aromatic heterocycles. The summed E-state index contributed by atoms with van der Waals surface area (Å²) in [5, 5.41) is 0. The van der Waals surface area contributed by atoms with Crippen LogP contribution in [0.3, 0.4) is 0 Å². The second-order valence-electron chi connectivity index (χ2n) is 7.58. The fourth-order valence-electron chi connectivity index (χ4n) is 4.25. The van der Waals surface area contributed by atoms with Crippen LogP contribution in [0.25, 0.3) is 22.4 Å². The Morgan fingerprint density at radius 2 is 1.90 bits per heavy atom. The number of nitrogens with two attached hydrogens (primary N) is 1. The first kappa shape index (κ1) is 20.0. The van der Waals surface area contributed by atoms with E-state index in [1.165, 1.54) is 18.2 Å². The van der Waals surface area contributed by atoms with Crippen LogP contribution in [0.15, 0.2) is 42.7 Å². The molecular weight excluding hydrogens is 395 g/mol. The summed E-state index contributed by atoms with van der Waals surface area (Å²) in [4.78, 5) is 16.6. The van der Waals surface area contributed by atoms with Crippen LogP contribution < -0.4 is 10.5 Å². The first-order valence-corrected chi connectivity index (χ1v) is 9.44. The molecule has 0 saturated heterocycles. The number of benzene rings is 1. The smallest absolute Gasteiger partial charge is 0.417 e. The van der Waals surface area contributed by atoms with Gasteiger partial charge in [0, 0.05) is 29.4 Å². The van der Waals surface area contributed by atoms with Gasteiger partial charge in [-0.2, -0.15) is 13.2 Å². The largest absolute Gasteiger partial charge is 0.481 e. The number of amides is 1. The van der Waals surface area contributed by atoms with Crippen molar-refractivity contribution in [3.05, 3.63) is 59.5 Å². The summed E-state index contributed by atoms with van der Waals surface area (Å²) < 4.78 is 49.4. The Balaban J connectivity index is 2.21. The Bertz CT molecular complexity index is 1160. The topological polar surface area (TPSA) is 70.1 Å². The van der Waals surface area contributed by atoms with Crippen molar-refractivity contribution in [3.63, 3.8) is 0 Å². The van der Waals surface area contributed by atoms with Gasteiger partial charge in [0.15, 0.2) is 0 Å². The van der Waals surface area contributed by atoms with E-state index in [1.807, 2.05) is 6.92 Å². The monoisotopic (exact) mass is 415 g/mol. The summed E-state index contributed by atoms with van der Waals surface area (Å²) >= 11 is 0. The van der Waals surface area contributed by atoms with Gasteiger partial charge in [-0.15, -0.1) is 0 Å². The SMILES string of the molecule is CCn1c(C(N)=O)c(-c2ccccc2C(F)(F)F)c2c1-c1ccncc1OC2(C)C. The molecule has 0 bridgehead atoms. The average molecular weight is 415 g/mol. The first-order valence-electron chi connectivity index (χ1n) is 9.44. The third-order valence-electron chi connectivity index (χ3n) is 5.32. The zero-order valence-corrected chi connectivity index (χ0v) is 16.7. The van der Waals surface area contributed by atoms with Crippen LogP contribution in [0, 0.1) is 0 Å². The Labute approximate surface area is 171 Å². The molecule has 3 aromatic rings. The first-order chi connectivity index (χ1) is 14.1. The molecular formula is C22H20F3N3O2. The van der Waals surface area contributed by atoms with Gasteiger partial charge in [-0.1, -0.05) is 18.2 Å². The van der Waals surface area contributed by atoms with Crippen molar-refractivity contribution in [3.8, 4) is 28.1 Å². The molecule has 5 nitrogen and oxygen atoms in total. The van der Waals surface area contributed by atoms with Gasteiger partial charge in [-0.25, -0.2) is 0 Å². The van der Waals surface area contributed by atoms with Crippen molar-refractivity contribution < 1.29 is 22.7 Å². The highest BCUT2D eigenvalue weighted by molar-refractivity contribution is 6.03. The van der Waals surface area contributed by atoms with E-state index in [-0.39, 0.29) is 16.8 Å². The molecule has 8 heteroatoms. The lowest BCUT2D eigenvalue weighted by atomic mass is 9.84. The lowest BCUT2D eigenvalue weighted by Crippen LogP contribution is -2.30. The minimum Gasteiger partial charge on any atom is -0.481 e. The Hall–Kier alpha value is -3.29. The molecule has 1 amide bonds. The van der Waals surface area contributed by atoms with E-state index in [0.717, 1.165) is 6.07 Å². The van der Waals surface area contributed by atoms with E-state index in [2.05, 4.69) is 4.98 Å². The van der Waals surface area contributed by atoms with Gasteiger partial charge in [-0.05, 0) is 38.5 Å². The highest BCUT2D eigenvalue weighted by atomic mass is 19.4. The second-order valence-corrected chi connectivity index (χ2v) is 7.58. The number of carbonyl (C=O) groups is 1. The molecule has 2 N–H and O–H groups in total. The van der Waals surface area contributed by atoms with Gasteiger partial charge in [0.25, 0.3) is 5.91 Å². The van der Waals surface area contributed by atoms with Gasteiger partial charge in [-0.3, -0.25) is 9.78 Å². The molecule has 1 aromatic carbocycles. The minimum atomic E-state index is -4.60. The van der Waals surface area contributed by atoms with Crippen molar-refractivity contribution in [1.29, 1.82) is 0 Å². The van der Waals surface area contributed by atoms with Gasteiger partial charge in [0.05, 0.1) is 17.5 Å². The fourth-order valence-corrected chi connectivity index (χ4v) is 4.25. The number of nitrogens with zero attached hydrogens (tertiary/aromatic N) is 2. The summed E-state index contributed by atoms with van der Waals surface area (Å²) in [6.45, 7) is 5.67. The van der Waals surface area contributed by atoms with Crippen LogP contribution in [0.1, 0.15) is 42.4 Å². The van der Waals surface area contributed by atoms with Crippen molar-refractivity contribution in [2.45, 2.75) is 39.1 Å². The molecule has 0 saturated carbocycles. The van der Waals surface area contributed by atoms with Crippen LogP contribution in [0.2, 0.25) is 0 Å². The van der Waals surface area contributed by atoms with E-state index in [4.69, 9.17) is 10.5 Å². The third-order valence-corrected chi connectivity index (χ3v) is 5.32. The van der Waals surface area contributed by atoms with E-state index in [0.29, 0.717) is 29.1 Å². The Morgan fingerprint density at radius 3 is 2.53 bits per heavy atom. The van der Waals surface area contributed by atoms with Gasteiger partial charge in [0.1, 0.15) is 17.0 Å². The fraction of sp³-hybridized carbons (Fsp3) is 0.273. The lowest BCUT2D eigenvalue weighted by molar-refractivity contribution is -0.137. The Morgan fingerprint density at radius 1 is 1.20 bits per heavy atom. The van der Waals surface area contributed by atoms with E-state index < -0.39 is 23.2 Å². The summed E-state index contributed by atoms with van der Waals surface area (Å²) in [5.74, 6) is -0.307. The third kappa shape index (κ3) is 2.86. The molecule has 0 atom stereocenters. The number of primary amides is 1. The number of ether oxygens (including phenoxy) is 1. The zero-order valence-electron chi connectivity index (χ0n) is 16.7. The summed E-state index contributed by atoms with van der Waals surface area (Å²) in [5.41, 5.74) is 5.70. The van der Waals surface area contributed by atoms with Gasteiger partial charge >= 0.3 is 6.18 Å². The Kier molecular flexibility index (Phi) is 4.41. The number of carbonyl (C=O) groups excluding carboxylic acids is 1. The maximum Gasteiger partial charge on any atom is 0.417 e. The maximum atomic E-state index is 13.9. The minimum absolute atomic E-state index is 0.0283. The summed E-state index contributed by atoms with van der Waals surface area (Å²) in [6, 6.07) is 6.93. The van der Waals surface area contributed by atoms with Crippen molar-refractivity contribution in [2.24, 2.45) is 5.73 Å². The van der Waals surface area contributed by atoms with E-state index >= 15 is 0 Å². The van der Waals surface area contributed by atoms with Gasteiger partial charge < -0.3 is 15.0 Å². The number of pyridine rings is 1. The number of hydrogen-bond acceptors (Lipinski definition) is 3. The van der Waals surface area contributed by atoms with Crippen LogP contribution >= 0.6 is 0 Å². The summed E-state index contributed by atoms with van der Waals surface area (Å²) in [6.07, 6.45) is -1.47. The predicted octanol–water partition coefficient (Wildman–Crippen LogP) is 4.98. The van der Waals surface area contributed by atoms with Crippen LogP contribution in [-0.2, 0) is 18.3 Å². The van der Waals surface area contributed by atoms with E-state index in [9.17, 15) is 18.0 Å². The second kappa shape index (κ2) is 6.62. The molecule has 1 aliphatic rings. The highest BCUT2D eigenvalue weighted by Crippen LogP contribution is 2.52. The predicted molar refractivity (Wildman–Crippen MR) is 106 cm³/mol. The molecule has 156 valence electrons. The van der Waals surface area contributed by atoms with Gasteiger partial charge in [0.2, 0.25) is 0 Å². The molecule has 1 aliphatic heterocycles. The quantitative estimate of drug-likeness (QED) is 0.656. The van der Waals surface area contributed by atoms with Crippen LogP contribution in [0.4, 0.5) is 13.2 Å². The lowest BCUT2D eigenvalue weighted by Gasteiger charge is -2.34. The number of hydrogen-bond donors (Lipinski definition) is 1. The molecule has 0 aliphatic carbocycles. The zero-order chi connectivity index (χ0) is 21.8.